The van der Waals surface area contributed by atoms with E-state index in [9.17, 15) is 0 Å². The predicted octanol–water partition coefficient (Wildman–Crippen LogP) is 5.18. The Labute approximate surface area is 96.7 Å². The summed E-state index contributed by atoms with van der Waals surface area (Å²) in [6.45, 7) is 3.00. The van der Waals surface area contributed by atoms with Gasteiger partial charge in [-0.25, -0.2) is 0 Å². The van der Waals surface area contributed by atoms with E-state index in [4.69, 9.17) is 0 Å². The first kappa shape index (κ1) is 87.8. The summed E-state index contributed by atoms with van der Waals surface area (Å²) in [7, 11) is 4.26. The van der Waals surface area contributed by atoms with Gasteiger partial charge in [-0.05, 0) is 0 Å². The van der Waals surface area contributed by atoms with E-state index in [1.807, 2.05) is 5.54 Å². The Morgan fingerprint density at radius 1 is 1.00 bits per heavy atom. The molecule has 0 amide bonds. The first-order valence-electron chi connectivity index (χ1n) is 0.662. The van der Waals surface area contributed by atoms with Gasteiger partial charge in [0.1, 0.15) is 0 Å². The molecule has 0 spiro atoms. The smallest absolute Gasteiger partial charge is 0.693 e. The minimum Gasteiger partial charge on any atom is -0.693 e. The summed E-state index contributed by atoms with van der Waals surface area (Å²) in [4.78, 5) is 0. The van der Waals surface area contributed by atoms with Crippen molar-refractivity contribution in [1.82, 2.24) is 0 Å². The quantitative estimate of drug-likeness (QED) is 0.430. The Bertz CT molecular complexity index is 28.8. The molecule has 0 heterocycles. The summed E-state index contributed by atoms with van der Waals surface area (Å²) >= 11 is 7.98. The number of rotatable bonds is 0. The third-order valence-corrected chi connectivity index (χ3v) is 0. The second-order valence-corrected chi connectivity index (χ2v) is 0.401. The van der Waals surface area contributed by atoms with Crippen LogP contribution in [0.4, 0.5) is 0 Å². The van der Waals surface area contributed by atoms with E-state index in [1.54, 1.807) is 0 Å². The third kappa shape index (κ3) is 709. The molecular formula is C3H13Cl2N4Ni2-3. The summed E-state index contributed by atoms with van der Waals surface area (Å²) in [5, 5.41) is 0. The van der Waals surface area contributed by atoms with Gasteiger partial charge in [0.15, 0.2) is 0 Å². The van der Waals surface area contributed by atoms with Crippen LogP contribution in [0, 0.1) is 13.0 Å². The van der Waals surface area contributed by atoms with Crippen molar-refractivity contribution in [3.8, 4) is 0 Å². The van der Waals surface area contributed by atoms with E-state index in [0.717, 1.165) is 0 Å². The van der Waals surface area contributed by atoms with Crippen LogP contribution in [0.1, 0.15) is 0 Å². The Balaban J connectivity index is -0.00000000181. The molecule has 11 heavy (non-hydrogen) atoms. The topological polar surface area (TPSA) is 134 Å². The fourth-order valence-corrected chi connectivity index (χ4v) is 0. The van der Waals surface area contributed by atoms with Crippen LogP contribution < -0.4 is 0 Å². The summed E-state index contributed by atoms with van der Waals surface area (Å²) in [5.41, 5.74) is 1.97. The van der Waals surface area contributed by atoms with Crippen LogP contribution in [-0.4, -0.2) is 0 Å². The maximum Gasteiger partial charge on any atom is 3.00 e. The fourth-order valence-electron chi connectivity index (χ4n) is 0. The minimum atomic E-state index is 0. The van der Waals surface area contributed by atoms with Gasteiger partial charge in [0, 0.05) is 0 Å². The van der Waals surface area contributed by atoms with E-state index in [1.165, 1.54) is 0 Å². The third-order valence-electron chi connectivity index (χ3n) is 0. The van der Waals surface area contributed by atoms with Crippen molar-refractivity contribution in [2.45, 2.75) is 0 Å². The second kappa shape index (κ2) is 249. The van der Waals surface area contributed by atoms with E-state index < -0.39 is 0 Å². The van der Waals surface area contributed by atoms with E-state index in [2.05, 4.69) is 42.9 Å². The van der Waals surface area contributed by atoms with Crippen LogP contribution >= 0.6 is 21.8 Å². The van der Waals surface area contributed by atoms with Gasteiger partial charge in [0.25, 0.3) is 0 Å². The van der Waals surface area contributed by atoms with Gasteiger partial charge >= 0.3 is 41.3 Å². The SMILES string of the molecule is C=[C-]Cl.[CH3-].[Cl][Ni].[NH2-].[NH2-].[NH2-].[NH2-].[Ni+3]. The standard InChI is InChI=1S/C2H2Cl.CH3.ClH.4H2N.2Ni/c1-2-3;;;;;;;;/h1H2;1H3;1H;4*1H2;;/q2*-1;;4*-1;+1;+3/p-1. The van der Waals surface area contributed by atoms with Gasteiger partial charge in [-0.3, -0.25) is 6.58 Å². The van der Waals surface area contributed by atoms with Crippen LogP contribution in [0.5, 0.6) is 0 Å². The summed E-state index contributed by atoms with van der Waals surface area (Å²) in [5.74, 6) is 0. The Morgan fingerprint density at radius 3 is 1.00 bits per heavy atom. The van der Waals surface area contributed by atoms with Crippen molar-refractivity contribution in [2.75, 3.05) is 0 Å². The Morgan fingerprint density at radius 2 is 1.00 bits per heavy atom. The first-order chi connectivity index (χ1) is 2.41. The van der Waals surface area contributed by atoms with Crippen molar-refractivity contribution >= 4 is 21.8 Å². The molecule has 82 valence electrons. The van der Waals surface area contributed by atoms with Gasteiger partial charge in [-0.2, -0.15) is 0 Å². The molecule has 0 aromatic rings. The minimum absolute atomic E-state index is 0. The second-order valence-electron chi connectivity index (χ2n) is 0.134. The molecule has 8 heteroatoms. The van der Waals surface area contributed by atoms with Crippen molar-refractivity contribution in [1.29, 1.82) is 0 Å². The van der Waals surface area contributed by atoms with E-state index in [0.29, 0.717) is 0 Å². The molecule has 0 saturated heterocycles. The average Bonchev–Trinajstić information content (AvgIpc) is 1.46. The predicted molar refractivity (Wildman–Crippen MR) is 48.1 cm³/mol. The molecule has 4 nitrogen and oxygen atoms in total. The molecule has 0 aliphatic rings. The zero-order valence-corrected chi connectivity index (χ0v) is 9.39. The first-order valence-corrected chi connectivity index (χ1v) is 2.40. The van der Waals surface area contributed by atoms with Crippen molar-refractivity contribution in [3.05, 3.63) is 44.1 Å². The molecule has 0 bridgehead atoms. The molecule has 0 aliphatic carbocycles. The molecule has 0 fully saturated rings. The summed E-state index contributed by atoms with van der Waals surface area (Å²) in [6.07, 6.45) is 0. The van der Waals surface area contributed by atoms with Gasteiger partial charge < -0.3 is 49.2 Å². The fraction of sp³-hybridized carbons (Fsp3) is 0. The number of nitrogens with two attached hydrogens (primary N) is 4. The van der Waals surface area contributed by atoms with Crippen LogP contribution in [0.25, 0.3) is 24.6 Å². The molecular weight excluding hydrogens is 280 g/mol. The molecule has 0 atom stereocenters. The molecule has 0 aromatic carbocycles. The average molecular weight is 293 g/mol. The van der Waals surface area contributed by atoms with Crippen LogP contribution in [0.2, 0.25) is 0 Å². The van der Waals surface area contributed by atoms with Gasteiger partial charge in [0.2, 0.25) is 0 Å². The number of hydrogen-bond acceptors (Lipinski definition) is 0. The monoisotopic (exact) mass is 291 g/mol. The van der Waals surface area contributed by atoms with Crippen LogP contribution in [0.3, 0.4) is 0 Å². The molecule has 0 unspecified atom stereocenters. The molecule has 1 radical (unpaired) electrons. The van der Waals surface area contributed by atoms with Crippen molar-refractivity contribution < 1.29 is 31.1 Å². The zero-order valence-electron chi connectivity index (χ0n) is 5.90. The molecule has 0 aliphatic heterocycles. The molecule has 0 aromatic heterocycles. The summed E-state index contributed by atoms with van der Waals surface area (Å²) in [6, 6.07) is 0. The number of hydrogen-bond donors (Lipinski definition) is 0. The van der Waals surface area contributed by atoms with Crippen molar-refractivity contribution in [2.24, 2.45) is 0 Å². The van der Waals surface area contributed by atoms with Crippen molar-refractivity contribution in [3.63, 3.8) is 0 Å². The molecule has 8 N–H and O–H groups in total. The van der Waals surface area contributed by atoms with Crippen LogP contribution in [-0.2, 0) is 31.1 Å². The maximum atomic E-state index is 4.64. The van der Waals surface area contributed by atoms with E-state index in [-0.39, 0.29) is 48.5 Å². The Kier molecular flexibility index (Phi) is 1990. The molecule has 0 rings (SSSR count). The summed E-state index contributed by atoms with van der Waals surface area (Å²) < 4.78 is 0. The molecule has 0 saturated carbocycles. The normalized spacial score (nSPS) is 1.82. The zero-order chi connectivity index (χ0) is 4.71. The maximum absolute atomic E-state index is 4.64. The Hall–Kier alpha value is 1.15. The van der Waals surface area contributed by atoms with Gasteiger partial charge in [-0.1, -0.05) is 0 Å². The van der Waals surface area contributed by atoms with Crippen LogP contribution in [0.15, 0.2) is 6.58 Å². The largest absolute Gasteiger partial charge is 3.00 e. The van der Waals surface area contributed by atoms with E-state index >= 15 is 0 Å². The van der Waals surface area contributed by atoms with Gasteiger partial charge in [-0.15, -0.1) is 0 Å². The van der Waals surface area contributed by atoms with Gasteiger partial charge in [0.05, 0.1) is 0 Å². The number of halogens is 2.